The molecule has 9 heteroatoms. The fraction of sp³-hybridized carbons (Fsp3) is 0.286. The van der Waals surface area contributed by atoms with E-state index in [2.05, 4.69) is 5.32 Å². The van der Waals surface area contributed by atoms with Crippen LogP contribution in [0.25, 0.3) is 0 Å². The third-order valence-electron chi connectivity index (χ3n) is 6.12. The maximum absolute atomic E-state index is 13.7. The van der Waals surface area contributed by atoms with Gasteiger partial charge in [-0.2, -0.15) is 0 Å². The van der Waals surface area contributed by atoms with Gasteiger partial charge in [0.2, 0.25) is 11.8 Å². The number of sulfonamides is 1. The Bertz CT molecular complexity index is 1300. The Hall–Kier alpha value is -3.72. The third-order valence-corrected chi connectivity index (χ3v) is 7.91. The van der Waals surface area contributed by atoms with E-state index >= 15 is 0 Å². The van der Waals surface area contributed by atoms with E-state index in [1.165, 1.54) is 24.1 Å². The lowest BCUT2D eigenvalue weighted by Gasteiger charge is -2.33. The number of nitrogens with one attached hydrogen (secondary N) is 1. The van der Waals surface area contributed by atoms with Gasteiger partial charge in [-0.1, -0.05) is 55.0 Å². The summed E-state index contributed by atoms with van der Waals surface area (Å²) in [7, 11) is -2.72. The van der Waals surface area contributed by atoms with Crippen molar-refractivity contribution in [2.24, 2.45) is 0 Å². The molecule has 196 valence electrons. The van der Waals surface area contributed by atoms with Crippen molar-refractivity contribution in [1.29, 1.82) is 0 Å². The summed E-state index contributed by atoms with van der Waals surface area (Å²) in [5.41, 5.74) is 2.20. The standard InChI is InChI=1S/C28H32FN3O4S/c1-4-26(28(34)30-3)31(19-18-22-8-6-5-7-9-22)27(33)20-32(24-14-10-21(2)11-15-24)37(35,36)25-16-12-23(29)13-17-25/h5-17,26H,4,18-20H2,1-3H3,(H,30,34). The minimum atomic E-state index is -4.22. The van der Waals surface area contributed by atoms with Crippen LogP contribution >= 0.6 is 0 Å². The Morgan fingerprint density at radius 2 is 1.57 bits per heavy atom. The van der Waals surface area contributed by atoms with E-state index in [9.17, 15) is 22.4 Å². The molecule has 1 atom stereocenters. The van der Waals surface area contributed by atoms with Crippen molar-refractivity contribution in [2.45, 2.75) is 37.6 Å². The maximum Gasteiger partial charge on any atom is 0.264 e. The number of halogens is 1. The van der Waals surface area contributed by atoms with Crippen LogP contribution in [0.15, 0.2) is 83.8 Å². The molecule has 0 aromatic heterocycles. The predicted molar refractivity (Wildman–Crippen MR) is 142 cm³/mol. The van der Waals surface area contributed by atoms with Gasteiger partial charge in [-0.15, -0.1) is 0 Å². The first-order valence-corrected chi connectivity index (χ1v) is 13.5. The summed E-state index contributed by atoms with van der Waals surface area (Å²) < 4.78 is 41.8. The first kappa shape index (κ1) is 27.9. The van der Waals surface area contributed by atoms with Crippen molar-refractivity contribution in [3.05, 3.63) is 95.8 Å². The van der Waals surface area contributed by atoms with Gasteiger partial charge in [0.05, 0.1) is 10.6 Å². The van der Waals surface area contributed by atoms with Crippen LogP contribution in [0.5, 0.6) is 0 Å². The number of benzene rings is 3. The molecule has 0 aliphatic rings. The van der Waals surface area contributed by atoms with Crippen LogP contribution < -0.4 is 9.62 Å². The van der Waals surface area contributed by atoms with Gasteiger partial charge in [-0.25, -0.2) is 12.8 Å². The van der Waals surface area contributed by atoms with Crippen molar-refractivity contribution in [3.63, 3.8) is 0 Å². The van der Waals surface area contributed by atoms with E-state index in [0.717, 1.165) is 27.6 Å². The molecule has 2 amide bonds. The number of carbonyl (C=O) groups excluding carboxylic acids is 2. The monoisotopic (exact) mass is 525 g/mol. The highest BCUT2D eigenvalue weighted by Crippen LogP contribution is 2.25. The van der Waals surface area contributed by atoms with E-state index in [0.29, 0.717) is 18.5 Å². The summed E-state index contributed by atoms with van der Waals surface area (Å²) in [6.45, 7) is 3.38. The molecule has 0 fully saturated rings. The lowest BCUT2D eigenvalue weighted by Crippen LogP contribution is -2.52. The van der Waals surface area contributed by atoms with E-state index in [1.807, 2.05) is 37.3 Å². The number of carbonyl (C=O) groups is 2. The van der Waals surface area contributed by atoms with Crippen LogP contribution in [0.4, 0.5) is 10.1 Å². The second kappa shape index (κ2) is 12.5. The molecule has 0 spiro atoms. The maximum atomic E-state index is 13.7. The molecule has 1 unspecified atom stereocenters. The second-order valence-corrected chi connectivity index (χ2v) is 10.5. The zero-order valence-electron chi connectivity index (χ0n) is 21.2. The molecular weight excluding hydrogens is 493 g/mol. The van der Waals surface area contributed by atoms with Gasteiger partial charge < -0.3 is 10.2 Å². The number of likely N-dealkylation sites (N-methyl/N-ethyl adjacent to an activating group) is 1. The highest BCUT2D eigenvalue weighted by atomic mass is 32.2. The third kappa shape index (κ3) is 6.95. The largest absolute Gasteiger partial charge is 0.357 e. The molecule has 3 aromatic rings. The van der Waals surface area contributed by atoms with Crippen LogP contribution in [0.3, 0.4) is 0 Å². The van der Waals surface area contributed by atoms with Gasteiger partial charge in [0.1, 0.15) is 18.4 Å². The molecule has 0 aliphatic heterocycles. The Morgan fingerprint density at radius 3 is 2.14 bits per heavy atom. The zero-order valence-corrected chi connectivity index (χ0v) is 22.0. The molecule has 37 heavy (non-hydrogen) atoms. The van der Waals surface area contributed by atoms with Crippen molar-refractivity contribution in [3.8, 4) is 0 Å². The van der Waals surface area contributed by atoms with E-state index < -0.39 is 34.3 Å². The fourth-order valence-corrected chi connectivity index (χ4v) is 5.45. The van der Waals surface area contributed by atoms with Crippen LogP contribution in [0.2, 0.25) is 0 Å². The average molecular weight is 526 g/mol. The van der Waals surface area contributed by atoms with Crippen LogP contribution in [0.1, 0.15) is 24.5 Å². The van der Waals surface area contributed by atoms with Crippen molar-refractivity contribution >= 4 is 27.5 Å². The number of hydrogen-bond donors (Lipinski definition) is 1. The molecule has 0 saturated carbocycles. The topological polar surface area (TPSA) is 86.8 Å². The molecular formula is C28H32FN3O4S. The molecule has 0 bridgehead atoms. The average Bonchev–Trinajstić information content (AvgIpc) is 2.90. The quantitative estimate of drug-likeness (QED) is 0.411. The zero-order chi connectivity index (χ0) is 27.0. The smallest absolute Gasteiger partial charge is 0.264 e. The molecule has 0 heterocycles. The Labute approximate surface area is 218 Å². The van der Waals surface area contributed by atoms with Crippen LogP contribution in [-0.2, 0) is 26.0 Å². The van der Waals surface area contributed by atoms with Crippen molar-refractivity contribution in [1.82, 2.24) is 10.2 Å². The van der Waals surface area contributed by atoms with Gasteiger partial charge in [0.25, 0.3) is 10.0 Å². The fourth-order valence-electron chi connectivity index (χ4n) is 4.04. The first-order valence-electron chi connectivity index (χ1n) is 12.1. The lowest BCUT2D eigenvalue weighted by atomic mass is 10.1. The normalized spacial score (nSPS) is 12.0. The molecule has 3 rings (SSSR count). The van der Waals surface area contributed by atoms with Gasteiger partial charge in [0, 0.05) is 13.6 Å². The summed E-state index contributed by atoms with van der Waals surface area (Å²) in [5, 5.41) is 2.60. The number of aryl methyl sites for hydroxylation is 1. The van der Waals surface area contributed by atoms with Gasteiger partial charge in [-0.3, -0.25) is 13.9 Å². The van der Waals surface area contributed by atoms with E-state index in [4.69, 9.17) is 0 Å². The highest BCUT2D eigenvalue weighted by molar-refractivity contribution is 7.92. The van der Waals surface area contributed by atoms with Crippen LogP contribution in [-0.4, -0.2) is 51.3 Å². The van der Waals surface area contributed by atoms with Crippen molar-refractivity contribution in [2.75, 3.05) is 24.4 Å². The highest BCUT2D eigenvalue weighted by Gasteiger charge is 2.33. The SMILES string of the molecule is CCC(C(=O)NC)N(CCc1ccccc1)C(=O)CN(c1ccc(C)cc1)S(=O)(=O)c1ccc(F)cc1. The van der Waals surface area contributed by atoms with Gasteiger partial charge >= 0.3 is 0 Å². The Balaban J connectivity index is 1.99. The number of nitrogens with zero attached hydrogens (tertiary/aromatic N) is 2. The summed E-state index contributed by atoms with van der Waals surface area (Å²) in [5.74, 6) is -1.41. The van der Waals surface area contributed by atoms with Gasteiger partial charge in [-0.05, 0) is 61.7 Å². The lowest BCUT2D eigenvalue weighted by molar-refractivity contribution is -0.139. The number of hydrogen-bond acceptors (Lipinski definition) is 4. The Morgan fingerprint density at radius 1 is 0.946 bits per heavy atom. The molecule has 0 saturated heterocycles. The van der Waals surface area contributed by atoms with E-state index in [1.54, 1.807) is 31.2 Å². The van der Waals surface area contributed by atoms with E-state index in [-0.39, 0.29) is 17.3 Å². The molecule has 0 radical (unpaired) electrons. The summed E-state index contributed by atoms with van der Waals surface area (Å²) in [6.07, 6.45) is 0.852. The summed E-state index contributed by atoms with van der Waals surface area (Å²) in [4.78, 5) is 27.7. The number of anilines is 1. The Kier molecular flexibility index (Phi) is 9.41. The second-order valence-electron chi connectivity index (χ2n) is 8.66. The molecule has 1 N–H and O–H groups in total. The summed E-state index contributed by atoms with van der Waals surface area (Å²) in [6, 6.07) is 20.0. The van der Waals surface area contributed by atoms with Gasteiger partial charge in [0.15, 0.2) is 0 Å². The summed E-state index contributed by atoms with van der Waals surface area (Å²) >= 11 is 0. The molecule has 0 aliphatic carbocycles. The number of rotatable bonds is 11. The predicted octanol–water partition coefficient (Wildman–Crippen LogP) is 3.93. The van der Waals surface area contributed by atoms with Crippen LogP contribution in [0, 0.1) is 12.7 Å². The minimum absolute atomic E-state index is 0.142. The minimum Gasteiger partial charge on any atom is -0.357 e. The number of amides is 2. The molecule has 7 nitrogen and oxygen atoms in total. The van der Waals surface area contributed by atoms with Crippen molar-refractivity contribution < 1.29 is 22.4 Å². The first-order chi connectivity index (χ1) is 17.7. The molecule has 3 aromatic carbocycles.